The molecule has 1 saturated heterocycles. The first-order valence-corrected chi connectivity index (χ1v) is 17.3. The van der Waals surface area contributed by atoms with Gasteiger partial charge in [0.05, 0.1) is 11.7 Å². The highest BCUT2D eigenvalue weighted by Gasteiger charge is 2.67. The maximum absolute atomic E-state index is 13.7. The lowest BCUT2D eigenvalue weighted by Crippen LogP contribution is -2.63. The van der Waals surface area contributed by atoms with Gasteiger partial charge in [-0.1, -0.05) is 39.0 Å². The van der Waals surface area contributed by atoms with Crippen molar-refractivity contribution < 1.29 is 28.5 Å². The average molecular weight is 595 g/mol. The number of ether oxygens (including phenoxy) is 4. The number of benzene rings is 1. The minimum atomic E-state index is -0.207. The summed E-state index contributed by atoms with van der Waals surface area (Å²) in [5, 5.41) is 0. The van der Waals surface area contributed by atoms with Crippen molar-refractivity contribution in [1.29, 1.82) is 0 Å². The normalized spacial score (nSPS) is 41.5. The molecule has 6 nitrogen and oxygen atoms in total. The highest BCUT2D eigenvalue weighted by atomic mass is 16.7. The molecule has 6 rings (SSSR count). The summed E-state index contributed by atoms with van der Waals surface area (Å²) in [6, 6.07) is 9.50. The monoisotopic (exact) mass is 594 g/mol. The van der Waals surface area contributed by atoms with E-state index >= 15 is 0 Å². The fourth-order valence-electron chi connectivity index (χ4n) is 10.7. The second-order valence-corrected chi connectivity index (χ2v) is 15.1. The molecule has 0 amide bonds. The molecular weight excluding hydrogens is 540 g/mol. The summed E-state index contributed by atoms with van der Waals surface area (Å²) in [7, 11) is 1.78. The van der Waals surface area contributed by atoms with E-state index in [1.54, 1.807) is 7.11 Å². The number of methoxy groups -OCH3 is 1. The topological polar surface area (TPSA) is 71.1 Å². The predicted molar refractivity (Wildman–Crippen MR) is 165 cm³/mol. The number of fused-ring (bicyclic) bond motifs is 5. The van der Waals surface area contributed by atoms with Crippen molar-refractivity contribution in [2.45, 2.75) is 116 Å². The molecule has 5 aliphatic rings. The van der Waals surface area contributed by atoms with Crippen LogP contribution in [0, 0.1) is 46.3 Å². The first-order valence-electron chi connectivity index (χ1n) is 17.3. The molecule has 11 atom stereocenters. The van der Waals surface area contributed by atoms with Crippen molar-refractivity contribution in [3.05, 3.63) is 35.9 Å². The van der Waals surface area contributed by atoms with Gasteiger partial charge in [-0.3, -0.25) is 4.79 Å². The molecule has 0 N–H and O–H groups in total. The van der Waals surface area contributed by atoms with E-state index in [0.717, 1.165) is 77.4 Å². The summed E-state index contributed by atoms with van der Waals surface area (Å²) in [6.07, 6.45) is 11.5. The van der Waals surface area contributed by atoms with E-state index < -0.39 is 0 Å². The molecule has 1 aromatic rings. The number of Topliss-reactive ketones (excluding diaryl/α,β-unsaturated/α-hetero) is 1. The van der Waals surface area contributed by atoms with Crippen molar-refractivity contribution in [3.8, 4) is 0 Å². The average Bonchev–Trinajstić information content (AvgIpc) is 3.37. The molecule has 43 heavy (non-hydrogen) atoms. The second-order valence-electron chi connectivity index (χ2n) is 15.1. The van der Waals surface area contributed by atoms with Crippen LogP contribution in [0.1, 0.15) is 108 Å². The first-order chi connectivity index (χ1) is 20.8. The van der Waals surface area contributed by atoms with Gasteiger partial charge in [-0.25, -0.2) is 4.79 Å². The molecule has 1 aliphatic heterocycles. The zero-order valence-corrected chi connectivity index (χ0v) is 26.9. The Kier molecular flexibility index (Phi) is 9.39. The molecule has 0 aromatic heterocycles. The molecule has 1 unspecified atom stereocenters. The molecule has 5 fully saturated rings. The third-order valence-corrected chi connectivity index (χ3v) is 13.0. The summed E-state index contributed by atoms with van der Waals surface area (Å²) in [5.74, 6) is 2.61. The summed E-state index contributed by atoms with van der Waals surface area (Å²) < 4.78 is 25.2. The van der Waals surface area contributed by atoms with Crippen LogP contribution < -0.4 is 0 Å². The van der Waals surface area contributed by atoms with Crippen LogP contribution in [-0.4, -0.2) is 50.6 Å². The first kappa shape index (κ1) is 31.2. The van der Waals surface area contributed by atoms with Gasteiger partial charge in [0.2, 0.25) is 0 Å². The molecule has 1 aromatic carbocycles. The Bertz CT molecular complexity index is 1120. The lowest BCUT2D eigenvalue weighted by atomic mass is 9.43. The fraction of sp³-hybridized carbons (Fsp3) is 0.784. The fourth-order valence-corrected chi connectivity index (χ4v) is 10.7. The Balaban J connectivity index is 1.37. The SMILES string of the molecule is COCCC[C@@H](C)[C@H]1CC[C@H]2[C@@H]3[C@H](O[C@@H]4CCCCO4)CC4CC(=O)CC[C@]4(C)[C@H]3C[C@H](OC(=O)c3ccccc3)[C@]12C. The maximum atomic E-state index is 13.7. The minimum absolute atomic E-state index is 0.0484. The molecule has 4 aliphatic carbocycles. The quantitative estimate of drug-likeness (QED) is 0.166. The van der Waals surface area contributed by atoms with E-state index in [-0.39, 0.29) is 35.3 Å². The van der Waals surface area contributed by atoms with Gasteiger partial charge in [-0.05, 0) is 117 Å². The molecule has 1 heterocycles. The van der Waals surface area contributed by atoms with Crippen LogP contribution in [0.25, 0.3) is 0 Å². The van der Waals surface area contributed by atoms with E-state index in [2.05, 4.69) is 20.8 Å². The van der Waals surface area contributed by atoms with E-state index in [0.29, 0.717) is 59.7 Å². The second kappa shape index (κ2) is 12.9. The third kappa shape index (κ3) is 5.86. The molecule has 0 radical (unpaired) electrons. The standard InChI is InChI=1S/C37H54O6/c1-24(11-10-19-40-4)28-15-16-29-34-30(23-32(37(28,29)3)43-35(39)25-12-6-5-7-13-25)36(2)18-17-27(38)21-26(36)22-31(34)42-33-14-8-9-20-41-33/h5-7,12-13,24,26,28-34H,8-11,14-23H2,1-4H3/t24-,26?,28-,29+,30+,31-,32+,33-,34+,36+,37-/m1/s1. The number of carbonyl (C=O) groups is 2. The largest absolute Gasteiger partial charge is 0.458 e. The van der Waals surface area contributed by atoms with E-state index in [1.807, 2.05) is 30.3 Å². The number of carbonyl (C=O) groups excluding carboxylic acids is 2. The van der Waals surface area contributed by atoms with Crippen LogP contribution in [0.2, 0.25) is 0 Å². The summed E-state index contributed by atoms with van der Waals surface area (Å²) in [4.78, 5) is 26.5. The molecule has 6 heteroatoms. The van der Waals surface area contributed by atoms with Crippen LogP contribution in [0.4, 0.5) is 0 Å². The van der Waals surface area contributed by atoms with Crippen LogP contribution in [-0.2, 0) is 23.7 Å². The predicted octanol–water partition coefficient (Wildman–Crippen LogP) is 7.63. The van der Waals surface area contributed by atoms with Crippen LogP contribution >= 0.6 is 0 Å². The summed E-state index contributed by atoms with van der Waals surface area (Å²) in [5.41, 5.74) is 0.534. The van der Waals surface area contributed by atoms with Crippen LogP contribution in [0.15, 0.2) is 30.3 Å². The van der Waals surface area contributed by atoms with Crippen molar-refractivity contribution in [1.82, 2.24) is 0 Å². The van der Waals surface area contributed by atoms with Gasteiger partial charge in [-0.15, -0.1) is 0 Å². The van der Waals surface area contributed by atoms with Crippen molar-refractivity contribution in [2.75, 3.05) is 20.3 Å². The van der Waals surface area contributed by atoms with Gasteiger partial charge < -0.3 is 18.9 Å². The maximum Gasteiger partial charge on any atom is 0.338 e. The van der Waals surface area contributed by atoms with Gasteiger partial charge in [0, 0.05) is 38.6 Å². The van der Waals surface area contributed by atoms with Gasteiger partial charge in [0.1, 0.15) is 11.9 Å². The van der Waals surface area contributed by atoms with E-state index in [9.17, 15) is 9.59 Å². The number of rotatable bonds is 9. The van der Waals surface area contributed by atoms with Gasteiger partial charge in [-0.2, -0.15) is 0 Å². The molecular formula is C37H54O6. The Morgan fingerprint density at radius 3 is 2.63 bits per heavy atom. The minimum Gasteiger partial charge on any atom is -0.458 e. The Morgan fingerprint density at radius 1 is 1.07 bits per heavy atom. The third-order valence-electron chi connectivity index (χ3n) is 13.0. The number of hydrogen-bond acceptors (Lipinski definition) is 6. The number of esters is 1. The van der Waals surface area contributed by atoms with Gasteiger partial charge in [0.25, 0.3) is 0 Å². The van der Waals surface area contributed by atoms with Crippen LogP contribution in [0.5, 0.6) is 0 Å². The molecule has 4 saturated carbocycles. The van der Waals surface area contributed by atoms with E-state index in [4.69, 9.17) is 18.9 Å². The smallest absolute Gasteiger partial charge is 0.338 e. The lowest BCUT2D eigenvalue weighted by Gasteiger charge is -2.64. The summed E-state index contributed by atoms with van der Waals surface area (Å²) >= 11 is 0. The van der Waals surface area contributed by atoms with Gasteiger partial charge >= 0.3 is 5.97 Å². The van der Waals surface area contributed by atoms with Crippen molar-refractivity contribution in [2.24, 2.45) is 46.3 Å². The highest BCUT2D eigenvalue weighted by Crippen LogP contribution is 2.69. The van der Waals surface area contributed by atoms with E-state index in [1.165, 1.54) is 0 Å². The van der Waals surface area contributed by atoms with Gasteiger partial charge in [0.15, 0.2) is 6.29 Å². The Hall–Kier alpha value is -1.76. The van der Waals surface area contributed by atoms with Crippen molar-refractivity contribution >= 4 is 11.8 Å². The zero-order valence-electron chi connectivity index (χ0n) is 26.9. The lowest BCUT2D eigenvalue weighted by molar-refractivity contribution is -0.258. The summed E-state index contributed by atoms with van der Waals surface area (Å²) in [6.45, 7) is 8.86. The van der Waals surface area contributed by atoms with Crippen molar-refractivity contribution in [3.63, 3.8) is 0 Å². The zero-order chi connectivity index (χ0) is 30.2. The molecule has 0 spiro atoms. The Labute approximate surface area is 258 Å². The number of ketones is 1. The Morgan fingerprint density at radius 2 is 1.88 bits per heavy atom. The molecule has 0 bridgehead atoms. The molecule has 238 valence electrons. The van der Waals surface area contributed by atoms with Crippen LogP contribution in [0.3, 0.4) is 0 Å². The highest BCUT2D eigenvalue weighted by molar-refractivity contribution is 5.89. The number of hydrogen-bond donors (Lipinski definition) is 0.